The molecule has 0 saturated carbocycles. The van der Waals surface area contributed by atoms with E-state index in [-0.39, 0.29) is 68.5 Å². The van der Waals surface area contributed by atoms with Crippen LogP contribution in [0.15, 0.2) is 12.7 Å². The molecule has 6 fully saturated rings. The summed E-state index contributed by atoms with van der Waals surface area (Å²) in [7, 11) is -25.4. The maximum absolute atomic E-state index is 13.3. The van der Waals surface area contributed by atoms with Crippen molar-refractivity contribution >= 4 is 125 Å². The molecule has 0 aliphatic carbocycles. The second-order valence-electron chi connectivity index (χ2n) is 44.1. The number of esters is 1. The number of carbonyl (C=O) groups excluding carboxylic acids is 4. The Labute approximate surface area is 844 Å². The van der Waals surface area contributed by atoms with Gasteiger partial charge in [-0.2, -0.15) is 0 Å². The van der Waals surface area contributed by atoms with E-state index in [1.165, 1.54) is 37.5 Å². The molecule has 14 N–H and O–H groups in total. The third-order valence-electron chi connectivity index (χ3n) is 21.7. The van der Waals surface area contributed by atoms with Crippen LogP contribution in [0.1, 0.15) is 63.8 Å². The van der Waals surface area contributed by atoms with E-state index in [1.807, 2.05) is 39.3 Å². The highest BCUT2D eigenvalue weighted by Gasteiger charge is 2.61. The number of carbonyl (C=O) groups is 4. The van der Waals surface area contributed by atoms with Gasteiger partial charge in [-0.3, -0.25) is 19.2 Å². The van der Waals surface area contributed by atoms with Crippen molar-refractivity contribution in [3.8, 4) is 0 Å². The maximum atomic E-state index is 13.3. The summed E-state index contributed by atoms with van der Waals surface area (Å²) in [6, 6.07) is 0.790. The Balaban J connectivity index is 0.00000244. The van der Waals surface area contributed by atoms with E-state index in [0.29, 0.717) is 18.5 Å². The number of nitrogens with zero attached hydrogens (tertiary/aromatic N) is 3. The van der Waals surface area contributed by atoms with Crippen molar-refractivity contribution in [2.75, 3.05) is 59.3 Å². The Bertz CT molecular complexity index is 3570. The molecule has 0 bridgehead atoms. The number of hydrogen-bond donors (Lipinski definition) is 14. The molecule has 53 heteroatoms. The van der Waals surface area contributed by atoms with Crippen LogP contribution in [0, 0.1) is 0 Å². The van der Waals surface area contributed by atoms with Gasteiger partial charge in [0, 0.05) is 47.3 Å². The van der Waals surface area contributed by atoms with Crippen molar-refractivity contribution in [3.63, 3.8) is 0 Å². The van der Waals surface area contributed by atoms with Gasteiger partial charge >= 0.3 is 23.1 Å². The van der Waals surface area contributed by atoms with Crippen molar-refractivity contribution in [2.24, 2.45) is 0 Å². The highest BCUT2D eigenvalue weighted by Crippen LogP contribution is 2.42. The van der Waals surface area contributed by atoms with Crippen LogP contribution in [0.4, 0.5) is 0 Å². The normalized spacial score (nSPS) is 32.5. The molecule has 0 spiro atoms. The monoisotopic (exact) mass is 2210 g/mol. The fourth-order valence-electron chi connectivity index (χ4n) is 16.8. The molecular formula is C86H191N3O38Si12. The lowest BCUT2D eigenvalue weighted by Crippen LogP contribution is -2.71. The van der Waals surface area contributed by atoms with Crippen LogP contribution in [-0.2, 0) is 110 Å². The SMILES string of the molecule is C.C.C.C.C=CCN(C(C)=O)[C@H]1OC(CO[Si](C)(C)C)[C@H](O[C@H]2OC(COC(C)=O)[C@H](O[Si](C)(C)C)C(O[Si](C)(C)C)[C@H]2O[Si](C)(C)C)C(O[Si](C)(C)C)C1O[Si](C)(C)C.CC(=O)N(CC[Si](C)(C)O[Si](C)(C)O[Si](C)(C)CCCN(C(C)=O)[C@H]1OC(CO)[C@H](O[C@H]2OC(CO)[C@H](O)C(O)[C@H]2O)C(O)C1O)[C@@H]1O[C@@H](CO)[C@@H](O[C@@H]2OC(CO)[C@@H](O)[C@H](O)C2O)C(O)C1O.C[SiH](C)O[Si](C)(C)O[SiH](C)C. The lowest BCUT2D eigenvalue weighted by molar-refractivity contribution is -0.347. The summed E-state index contributed by atoms with van der Waals surface area (Å²) in [5, 5.41) is 146. The van der Waals surface area contributed by atoms with Crippen molar-refractivity contribution in [3.05, 3.63) is 12.7 Å². The van der Waals surface area contributed by atoms with Crippen LogP contribution in [0.2, 0.25) is 208 Å². The lowest BCUT2D eigenvalue weighted by Gasteiger charge is -2.54. The van der Waals surface area contributed by atoms with Gasteiger partial charge < -0.3 is 177 Å². The van der Waals surface area contributed by atoms with Gasteiger partial charge in [-0.05, 0) is 215 Å². The molecule has 6 saturated heterocycles. The van der Waals surface area contributed by atoms with Gasteiger partial charge in [-0.15, -0.1) is 6.58 Å². The summed E-state index contributed by atoms with van der Waals surface area (Å²) in [6.45, 7) is 69.4. The fraction of sp³-hybridized carbons (Fsp3) is 0.930. The Morgan fingerprint density at radius 1 is 0.338 bits per heavy atom. The Morgan fingerprint density at radius 3 is 1.02 bits per heavy atom. The second kappa shape index (κ2) is 57.9. The number of aliphatic hydroxyl groups excluding tert-OH is 14. The summed E-state index contributed by atoms with van der Waals surface area (Å²) in [6.07, 6.45) is -38.1. The van der Waals surface area contributed by atoms with Crippen molar-refractivity contribution in [1.82, 2.24) is 14.7 Å². The zero-order valence-corrected chi connectivity index (χ0v) is 99.0. The number of aliphatic hydroxyl groups is 14. The smallest absolute Gasteiger partial charge is 0.311 e. The highest BCUT2D eigenvalue weighted by molar-refractivity contribution is 6.88. The first-order chi connectivity index (χ1) is 61.5. The van der Waals surface area contributed by atoms with Gasteiger partial charge in [-0.1, -0.05) is 35.8 Å². The van der Waals surface area contributed by atoms with Crippen molar-refractivity contribution < 1.29 is 181 Å². The summed E-state index contributed by atoms with van der Waals surface area (Å²) in [5.41, 5.74) is 0. The minimum atomic E-state index is -2.94. The third kappa shape index (κ3) is 44.4. The highest BCUT2D eigenvalue weighted by atomic mass is 28.5. The summed E-state index contributed by atoms with van der Waals surface area (Å²) < 4.78 is 128. The number of hydrogen-bond acceptors (Lipinski definition) is 38. The molecular weight excluding hydrogens is 2020 g/mol. The quantitative estimate of drug-likeness (QED) is 0.0215. The summed E-state index contributed by atoms with van der Waals surface area (Å²) >= 11 is 0. The standard InChI is InChI=1S/C39H76N2O24Si3.C37H79NO12Si6.C6H20O2Si3.4CH4/c1-18(46)40(36-30(54)28(52)34(22(16-44)58-36)62-38-32(56)26(50)24(48)20(14-42)60-38)10-9-12-66(3,4)64-68(7,8)65-67(5,6)13-11-41(19(2)47)37-31(55)29(53)35(23(17-45)59-37)63-39-33(57)27(51)25(49)21(15-43)61-39;1-22-23-38(26(2)39)36-34(49-55(16,17)18)32(47-53(10,11)12)30(29(43-36)25-42-51(4,5)6)45-37-35(50-56(19,20)21)33(48-54(13,14)15)31(46-52(7,8)9)28(44-37)24-41-27(3)40;1-9(2)7-11(5,6)8-10(3)4;;;;/h20-39,42-45,48-57H,9-17H2,1-8H3;22,28-37H,1,23-25H2,2-21H3;9-10H,1-6H3;4*1H4/t20?,21?,22?,23-,24-,25+,26?,27-,28?,29?,30?,31?,32+,33?,34-,35+,36-,37+,38+,39-;28?,29?,30-,31-,32?,33?,34?,35+,36-,37+;;;;;/m00...../s1. The van der Waals surface area contributed by atoms with E-state index in [9.17, 15) is 90.7 Å². The van der Waals surface area contributed by atoms with Crippen LogP contribution in [-0.4, -0.2) is 455 Å². The van der Waals surface area contributed by atoms with E-state index in [2.05, 4.69) is 164 Å². The molecule has 826 valence electrons. The lowest BCUT2D eigenvalue weighted by atomic mass is 9.96. The summed E-state index contributed by atoms with van der Waals surface area (Å²) in [5.74, 6) is -1.67. The van der Waals surface area contributed by atoms with E-state index >= 15 is 0 Å². The third-order valence-corrected chi connectivity index (χ3v) is 47.3. The zero-order valence-electron chi connectivity index (χ0n) is 86.6. The molecule has 0 radical (unpaired) electrons. The Hall–Kier alpha value is -1.10. The van der Waals surface area contributed by atoms with Gasteiger partial charge in [0.25, 0.3) is 0 Å². The molecule has 6 aliphatic rings. The largest absolute Gasteiger partial charge is 0.463 e. The minimum absolute atomic E-state index is 0. The molecule has 30 atom stereocenters. The van der Waals surface area contributed by atoms with Crippen LogP contribution in [0.25, 0.3) is 0 Å². The van der Waals surface area contributed by atoms with Crippen LogP contribution in [0.5, 0.6) is 0 Å². The van der Waals surface area contributed by atoms with E-state index < -0.39 is 330 Å². The fourth-order valence-corrected chi connectivity index (χ4v) is 46.4. The van der Waals surface area contributed by atoms with Crippen LogP contribution < -0.4 is 0 Å². The Kier molecular flexibility index (Phi) is 57.5. The molecule has 3 amide bonds. The number of rotatable bonds is 45. The predicted octanol–water partition coefficient (Wildman–Crippen LogP) is 5.07. The predicted molar refractivity (Wildman–Crippen MR) is 558 cm³/mol. The molecule has 0 aromatic carbocycles. The molecule has 6 rings (SSSR count). The first-order valence-electron chi connectivity index (χ1n) is 47.0. The van der Waals surface area contributed by atoms with Gasteiger partial charge in [0.1, 0.15) is 153 Å². The van der Waals surface area contributed by atoms with Gasteiger partial charge in [0.05, 0.1) is 33.0 Å². The van der Waals surface area contributed by atoms with Crippen LogP contribution in [0.3, 0.4) is 0 Å². The molecule has 0 aromatic rings. The average Bonchev–Trinajstić information content (AvgIpc) is 0.748. The van der Waals surface area contributed by atoms with E-state index in [1.54, 1.807) is 11.0 Å². The second-order valence-corrected chi connectivity index (χ2v) is 92.2. The summed E-state index contributed by atoms with van der Waals surface area (Å²) in [4.78, 5) is 55.6. The zero-order chi connectivity index (χ0) is 104. The van der Waals surface area contributed by atoms with E-state index in [0.717, 1.165) is 0 Å². The maximum Gasteiger partial charge on any atom is 0.311 e. The van der Waals surface area contributed by atoms with Gasteiger partial charge in [-0.25, -0.2) is 0 Å². The molecule has 14 unspecified atom stereocenters. The number of ether oxygens (including phenoxy) is 10. The van der Waals surface area contributed by atoms with Gasteiger partial charge in [0.2, 0.25) is 17.7 Å². The first-order valence-corrected chi connectivity index (χ1v) is 84.8. The molecule has 139 heavy (non-hydrogen) atoms. The topological polar surface area (TPSA) is 546 Å². The molecule has 6 heterocycles. The average molecular weight is 2210 g/mol. The Morgan fingerprint density at radius 2 is 0.669 bits per heavy atom. The minimum Gasteiger partial charge on any atom is -0.463 e. The molecule has 6 aliphatic heterocycles. The number of amides is 3. The van der Waals surface area contributed by atoms with Crippen molar-refractivity contribution in [2.45, 2.75) is 456 Å². The molecule has 0 aromatic heterocycles. The van der Waals surface area contributed by atoms with E-state index in [4.69, 9.17) is 90.4 Å². The van der Waals surface area contributed by atoms with Crippen LogP contribution >= 0.6 is 0 Å². The van der Waals surface area contributed by atoms with Crippen molar-refractivity contribution in [1.29, 1.82) is 0 Å². The molecule has 41 nitrogen and oxygen atoms in total. The van der Waals surface area contributed by atoms with Gasteiger partial charge in [0.15, 0.2) is 122 Å². The first kappa shape index (κ1) is 138.